The molecule has 0 saturated heterocycles. The third-order valence-corrected chi connectivity index (χ3v) is 6.67. The van der Waals surface area contributed by atoms with Crippen LogP contribution in [0.3, 0.4) is 0 Å². The number of ether oxygens (including phenoxy) is 2. The Balaban J connectivity index is 1.84. The number of rotatable bonds is 19. The molecule has 11 nitrogen and oxygen atoms in total. The molecule has 0 saturated carbocycles. The van der Waals surface area contributed by atoms with E-state index < -0.39 is 17.6 Å². The molecule has 0 radical (unpaired) electrons. The molecular formula is C27H46N6O5. The summed E-state index contributed by atoms with van der Waals surface area (Å²) in [7, 11) is 0. The van der Waals surface area contributed by atoms with Crippen molar-refractivity contribution in [3.05, 3.63) is 16.7 Å². The summed E-state index contributed by atoms with van der Waals surface area (Å²) in [6, 6.07) is -0.723. The molecule has 11 heteroatoms. The maximum Gasteiger partial charge on any atom is 0.323 e. The van der Waals surface area contributed by atoms with E-state index in [1.54, 1.807) is 4.57 Å². The minimum atomic E-state index is -0.723. The van der Waals surface area contributed by atoms with Crippen molar-refractivity contribution >= 4 is 29.1 Å². The first-order chi connectivity index (χ1) is 18.2. The maximum absolute atomic E-state index is 12.3. The van der Waals surface area contributed by atoms with Gasteiger partial charge in [-0.3, -0.25) is 19.4 Å². The number of hydrogen-bond acceptors (Lipinski definition) is 9. The number of nitrogens with zero attached hydrogens (tertiary/aromatic N) is 3. The monoisotopic (exact) mass is 534 g/mol. The molecule has 0 aromatic carbocycles. The van der Waals surface area contributed by atoms with E-state index >= 15 is 0 Å². The zero-order valence-corrected chi connectivity index (χ0v) is 23.2. The minimum absolute atomic E-state index is 0.0134. The van der Waals surface area contributed by atoms with Crippen molar-refractivity contribution < 1.29 is 19.1 Å². The number of unbranched alkanes of at least 4 members (excludes halogenated alkanes) is 8. The molecule has 214 valence electrons. The summed E-state index contributed by atoms with van der Waals surface area (Å²) in [6.45, 7) is 6.53. The number of carbonyl (C=O) groups excluding carboxylic acids is 2. The Morgan fingerprint density at radius 3 is 2.37 bits per heavy atom. The molecule has 2 aromatic heterocycles. The summed E-state index contributed by atoms with van der Waals surface area (Å²) in [5.41, 5.74) is 11.7. The third-order valence-electron chi connectivity index (χ3n) is 6.67. The van der Waals surface area contributed by atoms with Crippen LogP contribution < -0.4 is 17.0 Å². The first kappa shape index (κ1) is 31.3. The van der Waals surface area contributed by atoms with E-state index in [1.807, 2.05) is 13.8 Å². The lowest BCUT2D eigenvalue weighted by Gasteiger charge is -2.20. The Morgan fingerprint density at radius 2 is 1.71 bits per heavy atom. The van der Waals surface area contributed by atoms with E-state index in [-0.39, 0.29) is 42.5 Å². The molecule has 0 amide bonds. The molecule has 0 fully saturated rings. The summed E-state index contributed by atoms with van der Waals surface area (Å²) in [5.74, 6) is -1.00. The van der Waals surface area contributed by atoms with Crippen molar-refractivity contribution in [2.24, 2.45) is 17.6 Å². The number of nitrogens with two attached hydrogens (primary N) is 2. The SMILES string of the molecule is CCCCCCCCCCCC(=O)OCC[C@@H](COC(=O)[C@@H](N)C(C)C)Cn1cnc2c(=O)[nH]c(N)nc21. The molecular weight excluding hydrogens is 488 g/mol. The number of esters is 2. The van der Waals surface area contributed by atoms with Crippen molar-refractivity contribution in [2.45, 2.75) is 104 Å². The standard InChI is InChI=1S/C27H46N6O5/c1-4-5-6-7-8-9-10-11-12-13-21(34)37-15-14-20(17-38-26(36)22(28)19(2)3)16-33-18-30-23-24(33)31-27(29)32-25(23)35/h18-20,22H,4-17,28H2,1-3H3,(H3,29,31,32,35)/t20-,22+/m1/s1. The zero-order chi connectivity index (χ0) is 27.9. The lowest BCUT2D eigenvalue weighted by molar-refractivity contribution is -0.149. The summed E-state index contributed by atoms with van der Waals surface area (Å²) >= 11 is 0. The molecule has 0 bridgehead atoms. The second kappa shape index (κ2) is 16.8. The van der Waals surface area contributed by atoms with Crippen molar-refractivity contribution in [2.75, 3.05) is 18.9 Å². The fourth-order valence-electron chi connectivity index (χ4n) is 4.17. The van der Waals surface area contributed by atoms with Gasteiger partial charge in [0.25, 0.3) is 5.56 Å². The first-order valence-corrected chi connectivity index (χ1v) is 14.0. The molecule has 0 aliphatic heterocycles. The topological polar surface area (TPSA) is 168 Å². The molecule has 2 rings (SSSR count). The second-order valence-electron chi connectivity index (χ2n) is 10.4. The molecule has 2 atom stereocenters. The third kappa shape index (κ3) is 10.8. The van der Waals surface area contributed by atoms with Crippen LogP contribution in [0.2, 0.25) is 0 Å². The Morgan fingerprint density at radius 1 is 1.05 bits per heavy atom. The van der Waals surface area contributed by atoms with E-state index in [0.29, 0.717) is 25.0 Å². The number of hydrogen-bond donors (Lipinski definition) is 3. The summed E-state index contributed by atoms with van der Waals surface area (Å²) in [4.78, 5) is 47.4. The van der Waals surface area contributed by atoms with Gasteiger partial charge in [0.1, 0.15) is 6.04 Å². The van der Waals surface area contributed by atoms with Crippen LogP contribution in [-0.4, -0.2) is 50.7 Å². The number of carbonyl (C=O) groups is 2. The number of nitrogens with one attached hydrogen (secondary N) is 1. The van der Waals surface area contributed by atoms with Gasteiger partial charge < -0.3 is 25.5 Å². The van der Waals surface area contributed by atoms with Crippen LogP contribution in [-0.2, 0) is 25.6 Å². The van der Waals surface area contributed by atoms with Crippen LogP contribution in [0.1, 0.15) is 91.4 Å². The fraction of sp³-hybridized carbons (Fsp3) is 0.741. The minimum Gasteiger partial charge on any atom is -0.466 e. The van der Waals surface area contributed by atoms with Gasteiger partial charge in [0.2, 0.25) is 5.95 Å². The van der Waals surface area contributed by atoms with Gasteiger partial charge in [0, 0.05) is 18.9 Å². The molecule has 38 heavy (non-hydrogen) atoms. The van der Waals surface area contributed by atoms with Gasteiger partial charge in [-0.25, -0.2) is 4.98 Å². The van der Waals surface area contributed by atoms with Crippen molar-refractivity contribution in [1.29, 1.82) is 0 Å². The average Bonchev–Trinajstić information content (AvgIpc) is 3.28. The number of aromatic amines is 1. The molecule has 0 unspecified atom stereocenters. The van der Waals surface area contributed by atoms with Gasteiger partial charge >= 0.3 is 11.9 Å². The van der Waals surface area contributed by atoms with Crippen LogP contribution in [0, 0.1) is 11.8 Å². The quantitative estimate of drug-likeness (QED) is 0.180. The van der Waals surface area contributed by atoms with E-state index in [9.17, 15) is 14.4 Å². The maximum atomic E-state index is 12.3. The van der Waals surface area contributed by atoms with Crippen molar-refractivity contribution in [3.8, 4) is 0 Å². The normalized spacial score (nSPS) is 13.1. The van der Waals surface area contributed by atoms with Crippen LogP contribution in [0.25, 0.3) is 11.2 Å². The lowest BCUT2D eigenvalue weighted by atomic mass is 10.1. The summed E-state index contributed by atoms with van der Waals surface area (Å²) in [6.07, 6.45) is 13.0. The van der Waals surface area contributed by atoms with Gasteiger partial charge in [0.05, 0.1) is 19.5 Å². The Labute approximate surface area is 225 Å². The highest BCUT2D eigenvalue weighted by Gasteiger charge is 2.22. The van der Waals surface area contributed by atoms with Gasteiger partial charge in [-0.1, -0.05) is 72.1 Å². The zero-order valence-electron chi connectivity index (χ0n) is 23.2. The molecule has 0 aliphatic carbocycles. The number of aromatic nitrogens is 4. The Kier molecular flexibility index (Phi) is 13.8. The smallest absolute Gasteiger partial charge is 0.323 e. The number of fused-ring (bicyclic) bond motifs is 1. The predicted molar refractivity (Wildman–Crippen MR) is 147 cm³/mol. The van der Waals surface area contributed by atoms with Crippen LogP contribution in [0.5, 0.6) is 0 Å². The number of anilines is 1. The highest BCUT2D eigenvalue weighted by atomic mass is 16.5. The van der Waals surface area contributed by atoms with Crippen LogP contribution in [0.4, 0.5) is 5.95 Å². The highest BCUT2D eigenvalue weighted by molar-refractivity contribution is 5.75. The molecule has 0 aliphatic rings. The number of H-pyrrole nitrogens is 1. The van der Waals surface area contributed by atoms with Gasteiger partial charge in [0.15, 0.2) is 11.2 Å². The molecule has 5 N–H and O–H groups in total. The molecule has 0 spiro atoms. The van der Waals surface area contributed by atoms with Crippen LogP contribution in [0.15, 0.2) is 11.1 Å². The van der Waals surface area contributed by atoms with E-state index in [1.165, 1.54) is 44.9 Å². The Hall–Kier alpha value is -2.95. The van der Waals surface area contributed by atoms with E-state index in [0.717, 1.165) is 19.3 Å². The van der Waals surface area contributed by atoms with Gasteiger partial charge in [-0.2, -0.15) is 4.98 Å². The van der Waals surface area contributed by atoms with Gasteiger partial charge in [-0.05, 0) is 18.8 Å². The predicted octanol–water partition coefficient (Wildman–Crippen LogP) is 3.70. The summed E-state index contributed by atoms with van der Waals surface area (Å²) in [5, 5.41) is 0. The van der Waals surface area contributed by atoms with Crippen LogP contribution >= 0.6 is 0 Å². The van der Waals surface area contributed by atoms with E-state index in [2.05, 4.69) is 21.9 Å². The average molecular weight is 535 g/mol. The first-order valence-electron chi connectivity index (χ1n) is 14.0. The Bertz CT molecular complexity index is 1050. The molecule has 2 heterocycles. The molecule has 2 aromatic rings. The second-order valence-corrected chi connectivity index (χ2v) is 10.4. The lowest BCUT2D eigenvalue weighted by Crippen LogP contribution is -2.38. The highest BCUT2D eigenvalue weighted by Crippen LogP contribution is 2.15. The van der Waals surface area contributed by atoms with E-state index in [4.69, 9.17) is 20.9 Å². The number of nitrogen functional groups attached to an aromatic ring is 1. The van der Waals surface area contributed by atoms with Crippen molar-refractivity contribution in [1.82, 2.24) is 19.5 Å². The fourth-order valence-corrected chi connectivity index (χ4v) is 4.17. The van der Waals surface area contributed by atoms with Crippen molar-refractivity contribution in [3.63, 3.8) is 0 Å². The largest absolute Gasteiger partial charge is 0.466 e. The van der Waals surface area contributed by atoms with Gasteiger partial charge in [-0.15, -0.1) is 0 Å². The summed E-state index contributed by atoms with van der Waals surface area (Å²) < 4.78 is 12.6. The number of imidazole rings is 1.